The number of aliphatic hydroxyl groups is 1. The first-order chi connectivity index (χ1) is 8.63. The van der Waals surface area contributed by atoms with Gasteiger partial charge in [-0.25, -0.2) is 0 Å². The number of hydrogen-bond acceptors (Lipinski definition) is 4. The molecule has 1 heterocycles. The molecule has 0 saturated heterocycles. The normalized spacial score (nSPS) is 10.7. The van der Waals surface area contributed by atoms with Crippen LogP contribution in [0.2, 0.25) is 0 Å². The molecule has 0 bridgehead atoms. The molecule has 5 nitrogen and oxygen atoms in total. The number of rotatable bonds is 7. The predicted molar refractivity (Wildman–Crippen MR) is 74.1 cm³/mol. The van der Waals surface area contributed by atoms with Crippen LogP contribution in [0.25, 0.3) is 0 Å². The molecule has 0 radical (unpaired) electrons. The maximum absolute atomic E-state index is 9.16. The van der Waals surface area contributed by atoms with E-state index in [9.17, 15) is 0 Å². The van der Waals surface area contributed by atoms with E-state index in [1.54, 1.807) is 12.3 Å². The fraction of sp³-hybridized carbons (Fsp3) is 0.538. The molecule has 0 aliphatic carbocycles. The van der Waals surface area contributed by atoms with Gasteiger partial charge in [0, 0.05) is 12.6 Å². The van der Waals surface area contributed by atoms with Crippen molar-refractivity contribution in [3.63, 3.8) is 0 Å². The number of pyridine rings is 1. The third-order valence-electron chi connectivity index (χ3n) is 3.08. The molecule has 100 valence electrons. The van der Waals surface area contributed by atoms with Crippen molar-refractivity contribution >= 4 is 11.5 Å². The van der Waals surface area contributed by atoms with Crippen molar-refractivity contribution in [3.05, 3.63) is 24.0 Å². The summed E-state index contributed by atoms with van der Waals surface area (Å²) >= 11 is 0. The molecule has 18 heavy (non-hydrogen) atoms. The fourth-order valence-corrected chi connectivity index (χ4v) is 2.07. The summed E-state index contributed by atoms with van der Waals surface area (Å²) in [6.07, 6.45) is 3.75. The zero-order chi connectivity index (χ0) is 13.5. The van der Waals surface area contributed by atoms with Crippen LogP contribution in [0, 0.1) is 5.41 Å². The van der Waals surface area contributed by atoms with E-state index >= 15 is 0 Å². The lowest BCUT2D eigenvalue weighted by atomic mass is 10.1. The van der Waals surface area contributed by atoms with Gasteiger partial charge in [-0.2, -0.15) is 0 Å². The van der Waals surface area contributed by atoms with Gasteiger partial charge in [-0.3, -0.25) is 10.4 Å². The average molecular weight is 250 g/mol. The summed E-state index contributed by atoms with van der Waals surface area (Å²) < 4.78 is 0. The van der Waals surface area contributed by atoms with Crippen molar-refractivity contribution in [2.24, 2.45) is 5.73 Å². The number of nitrogens with zero attached hydrogens (tertiary/aromatic N) is 2. The lowest BCUT2D eigenvalue weighted by molar-refractivity contribution is 0.296. The molecule has 0 aromatic carbocycles. The average Bonchev–Trinajstić information content (AvgIpc) is 2.39. The molecule has 1 rings (SSSR count). The third-order valence-corrected chi connectivity index (χ3v) is 3.08. The van der Waals surface area contributed by atoms with E-state index in [2.05, 4.69) is 23.7 Å². The van der Waals surface area contributed by atoms with Crippen molar-refractivity contribution in [3.8, 4) is 0 Å². The van der Waals surface area contributed by atoms with E-state index in [0.717, 1.165) is 18.5 Å². The predicted octanol–water partition coefficient (Wildman–Crippen LogP) is 1.35. The Labute approximate surface area is 108 Å². The van der Waals surface area contributed by atoms with Crippen LogP contribution in [0.3, 0.4) is 0 Å². The number of anilines is 1. The Hall–Kier alpha value is -1.62. The lowest BCUT2D eigenvalue weighted by Crippen LogP contribution is -2.36. The summed E-state index contributed by atoms with van der Waals surface area (Å²) in [5, 5.41) is 16.5. The second-order valence-electron chi connectivity index (χ2n) is 4.20. The zero-order valence-corrected chi connectivity index (χ0v) is 11.1. The Morgan fingerprint density at radius 2 is 2.11 bits per heavy atom. The molecule has 0 fully saturated rings. The number of nitrogens with one attached hydrogen (secondary N) is 1. The minimum atomic E-state index is -0.0298. The van der Waals surface area contributed by atoms with Crippen molar-refractivity contribution in [1.82, 2.24) is 4.98 Å². The van der Waals surface area contributed by atoms with E-state index in [1.165, 1.54) is 0 Å². The Kier molecular flexibility index (Phi) is 5.58. The van der Waals surface area contributed by atoms with Gasteiger partial charge in [-0.1, -0.05) is 13.8 Å². The highest BCUT2D eigenvalue weighted by atomic mass is 16.3. The Morgan fingerprint density at radius 3 is 2.50 bits per heavy atom. The molecule has 0 spiro atoms. The molecular formula is C13H22N4O. The zero-order valence-electron chi connectivity index (χ0n) is 11.1. The summed E-state index contributed by atoms with van der Waals surface area (Å²) in [6.45, 7) is 4.98. The summed E-state index contributed by atoms with van der Waals surface area (Å²) in [6, 6.07) is 4.03. The first-order valence-corrected chi connectivity index (χ1v) is 6.31. The van der Waals surface area contributed by atoms with Gasteiger partial charge in [0.25, 0.3) is 0 Å². The van der Waals surface area contributed by atoms with Gasteiger partial charge < -0.3 is 15.7 Å². The first-order valence-electron chi connectivity index (χ1n) is 6.31. The van der Waals surface area contributed by atoms with Crippen molar-refractivity contribution in [2.75, 3.05) is 18.1 Å². The highest BCUT2D eigenvalue weighted by Gasteiger charge is 2.15. The Bertz CT molecular complexity index is 373. The van der Waals surface area contributed by atoms with Gasteiger partial charge in [-0.05, 0) is 25.0 Å². The highest BCUT2D eigenvalue weighted by molar-refractivity contribution is 5.93. The minimum absolute atomic E-state index is 0.0298. The molecule has 0 amide bonds. The maximum atomic E-state index is 9.16. The first kappa shape index (κ1) is 14.4. The summed E-state index contributed by atoms with van der Waals surface area (Å²) in [5.74, 6) is -0.0298. The van der Waals surface area contributed by atoms with E-state index in [-0.39, 0.29) is 12.4 Å². The van der Waals surface area contributed by atoms with Gasteiger partial charge in [0.2, 0.25) is 0 Å². The third kappa shape index (κ3) is 3.43. The lowest BCUT2D eigenvalue weighted by Gasteiger charge is -2.31. The number of aromatic nitrogens is 1. The van der Waals surface area contributed by atoms with E-state index < -0.39 is 0 Å². The van der Waals surface area contributed by atoms with Crippen LogP contribution in [0.15, 0.2) is 18.3 Å². The van der Waals surface area contributed by atoms with Crippen molar-refractivity contribution < 1.29 is 5.11 Å². The topological polar surface area (TPSA) is 86.2 Å². The number of nitrogens with two attached hydrogens (primary N) is 1. The summed E-state index contributed by atoms with van der Waals surface area (Å²) in [5.41, 5.74) is 6.82. The molecule has 5 heteroatoms. The molecule has 0 unspecified atom stereocenters. The minimum Gasteiger partial charge on any atom is -0.395 e. The van der Waals surface area contributed by atoms with Crippen LogP contribution in [0.4, 0.5) is 5.69 Å². The summed E-state index contributed by atoms with van der Waals surface area (Å²) in [4.78, 5) is 6.31. The van der Waals surface area contributed by atoms with Gasteiger partial charge in [-0.15, -0.1) is 0 Å². The van der Waals surface area contributed by atoms with Gasteiger partial charge in [0.05, 0.1) is 18.5 Å². The standard InChI is InChI=1S/C13H22N4O/c1-3-10(4-2)17(7-8-18)11-5-6-12(13(14)15)16-9-11/h5-6,9-10,18H,3-4,7-8H2,1-2H3,(H3,14,15). The highest BCUT2D eigenvalue weighted by Crippen LogP contribution is 2.19. The van der Waals surface area contributed by atoms with Gasteiger partial charge in [0.1, 0.15) is 11.5 Å². The molecule has 0 atom stereocenters. The van der Waals surface area contributed by atoms with Crippen LogP contribution < -0.4 is 10.6 Å². The SMILES string of the molecule is CCC(CC)N(CCO)c1ccc(C(=N)N)nc1. The Balaban J connectivity index is 2.94. The van der Waals surface area contributed by atoms with E-state index in [4.69, 9.17) is 16.2 Å². The number of hydrogen-bond donors (Lipinski definition) is 3. The smallest absolute Gasteiger partial charge is 0.141 e. The molecule has 1 aromatic heterocycles. The van der Waals surface area contributed by atoms with Crippen molar-refractivity contribution in [1.29, 1.82) is 5.41 Å². The monoisotopic (exact) mass is 250 g/mol. The molecule has 4 N–H and O–H groups in total. The van der Waals surface area contributed by atoms with E-state index in [1.807, 2.05) is 6.07 Å². The summed E-state index contributed by atoms with van der Waals surface area (Å²) in [7, 11) is 0. The quantitative estimate of drug-likeness (QED) is 0.503. The second-order valence-corrected chi connectivity index (χ2v) is 4.20. The number of nitrogen functional groups attached to an aromatic ring is 1. The van der Waals surface area contributed by atoms with Gasteiger partial charge >= 0.3 is 0 Å². The molecule has 0 saturated carbocycles. The largest absolute Gasteiger partial charge is 0.395 e. The molecular weight excluding hydrogens is 228 g/mol. The molecule has 1 aromatic rings. The fourth-order valence-electron chi connectivity index (χ4n) is 2.07. The van der Waals surface area contributed by atoms with Crippen LogP contribution in [-0.4, -0.2) is 35.1 Å². The van der Waals surface area contributed by atoms with Crippen LogP contribution in [0.5, 0.6) is 0 Å². The molecule has 0 aliphatic heterocycles. The van der Waals surface area contributed by atoms with Crippen LogP contribution in [0.1, 0.15) is 32.4 Å². The van der Waals surface area contributed by atoms with Crippen LogP contribution >= 0.6 is 0 Å². The van der Waals surface area contributed by atoms with Gasteiger partial charge in [0.15, 0.2) is 0 Å². The number of aliphatic hydroxyl groups excluding tert-OH is 1. The molecule has 0 aliphatic rings. The van der Waals surface area contributed by atoms with Crippen molar-refractivity contribution in [2.45, 2.75) is 32.7 Å². The number of amidine groups is 1. The second kappa shape index (κ2) is 6.96. The van der Waals surface area contributed by atoms with E-state index in [0.29, 0.717) is 18.3 Å². The van der Waals surface area contributed by atoms with Crippen LogP contribution in [-0.2, 0) is 0 Å². The maximum Gasteiger partial charge on any atom is 0.141 e. The Morgan fingerprint density at radius 1 is 1.44 bits per heavy atom.